The highest BCUT2D eigenvalue weighted by molar-refractivity contribution is 8.00. The van der Waals surface area contributed by atoms with Gasteiger partial charge in [-0.05, 0) is 44.5 Å². The van der Waals surface area contributed by atoms with Gasteiger partial charge in [0.05, 0.1) is 19.5 Å². The number of carbonyl (C=O) groups is 2. The summed E-state index contributed by atoms with van der Waals surface area (Å²) in [4.78, 5) is 25.1. The summed E-state index contributed by atoms with van der Waals surface area (Å²) in [7, 11) is 2.93. The molecule has 1 rings (SSSR count). The van der Waals surface area contributed by atoms with Crippen molar-refractivity contribution in [2.45, 2.75) is 42.9 Å². The minimum Gasteiger partial charge on any atom is -0.497 e. The molecule has 6 heteroatoms. The Hall–Kier alpha value is -1.69. The normalized spacial score (nSPS) is 14.6. The van der Waals surface area contributed by atoms with Crippen molar-refractivity contribution in [1.82, 2.24) is 5.32 Å². The molecule has 1 amide bonds. The highest BCUT2D eigenvalue weighted by atomic mass is 32.2. The van der Waals surface area contributed by atoms with Gasteiger partial charge in [0, 0.05) is 4.90 Å². The van der Waals surface area contributed by atoms with Crippen molar-refractivity contribution < 1.29 is 19.1 Å². The predicted molar refractivity (Wildman–Crippen MR) is 87.2 cm³/mol. The van der Waals surface area contributed by atoms with Gasteiger partial charge in [-0.3, -0.25) is 4.79 Å². The van der Waals surface area contributed by atoms with Crippen molar-refractivity contribution in [2.75, 3.05) is 14.2 Å². The van der Waals surface area contributed by atoms with Crippen molar-refractivity contribution in [1.29, 1.82) is 0 Å². The van der Waals surface area contributed by atoms with Gasteiger partial charge >= 0.3 is 5.97 Å². The number of benzene rings is 1. The van der Waals surface area contributed by atoms with Crippen LogP contribution in [0.3, 0.4) is 0 Å². The fraction of sp³-hybridized carbons (Fsp3) is 0.500. The van der Waals surface area contributed by atoms with Gasteiger partial charge in [0.25, 0.3) is 0 Å². The van der Waals surface area contributed by atoms with Crippen LogP contribution in [-0.4, -0.2) is 36.9 Å². The molecule has 0 saturated heterocycles. The van der Waals surface area contributed by atoms with Crippen molar-refractivity contribution in [3.63, 3.8) is 0 Å². The van der Waals surface area contributed by atoms with Crippen LogP contribution >= 0.6 is 11.8 Å². The number of methoxy groups -OCH3 is 2. The summed E-state index contributed by atoms with van der Waals surface area (Å²) in [6.07, 6.45) is 0.464. The van der Waals surface area contributed by atoms with E-state index in [-0.39, 0.29) is 11.2 Å². The Morgan fingerprint density at radius 2 is 1.86 bits per heavy atom. The van der Waals surface area contributed by atoms with Gasteiger partial charge in [-0.25, -0.2) is 4.79 Å². The zero-order valence-corrected chi connectivity index (χ0v) is 14.5. The van der Waals surface area contributed by atoms with E-state index in [2.05, 4.69) is 5.32 Å². The van der Waals surface area contributed by atoms with Crippen LogP contribution in [-0.2, 0) is 14.3 Å². The van der Waals surface area contributed by atoms with Crippen LogP contribution in [0.15, 0.2) is 29.2 Å². The second kappa shape index (κ2) is 8.08. The third-order valence-electron chi connectivity index (χ3n) is 3.48. The SMILES string of the molecule is CC[C@](C)(NC(=O)[C@H](C)Sc1ccc(OC)cc1)C(=O)OC. The fourth-order valence-electron chi connectivity index (χ4n) is 1.79. The van der Waals surface area contributed by atoms with Gasteiger partial charge in [0.1, 0.15) is 11.3 Å². The van der Waals surface area contributed by atoms with E-state index >= 15 is 0 Å². The number of carbonyl (C=O) groups excluding carboxylic acids is 2. The van der Waals surface area contributed by atoms with Gasteiger partial charge in [-0.15, -0.1) is 11.8 Å². The molecule has 0 spiro atoms. The molecule has 0 radical (unpaired) electrons. The summed E-state index contributed by atoms with van der Waals surface area (Å²) in [6.45, 7) is 5.30. The van der Waals surface area contributed by atoms with Crippen LogP contribution in [0.2, 0.25) is 0 Å². The molecule has 0 heterocycles. The van der Waals surface area contributed by atoms with Gasteiger partial charge in [-0.2, -0.15) is 0 Å². The van der Waals surface area contributed by atoms with Crippen LogP contribution in [0, 0.1) is 0 Å². The van der Waals surface area contributed by atoms with Crippen molar-refractivity contribution >= 4 is 23.6 Å². The maximum absolute atomic E-state index is 12.3. The smallest absolute Gasteiger partial charge is 0.331 e. The Morgan fingerprint density at radius 3 is 2.32 bits per heavy atom. The third kappa shape index (κ3) is 4.66. The zero-order chi connectivity index (χ0) is 16.8. The summed E-state index contributed by atoms with van der Waals surface area (Å²) in [5.74, 6) is 0.131. The first kappa shape index (κ1) is 18.4. The van der Waals surface area contributed by atoms with Crippen LogP contribution in [0.5, 0.6) is 5.75 Å². The average Bonchev–Trinajstić information content (AvgIpc) is 2.54. The van der Waals surface area contributed by atoms with E-state index in [1.165, 1.54) is 18.9 Å². The lowest BCUT2D eigenvalue weighted by Crippen LogP contribution is -2.54. The molecule has 0 saturated carbocycles. The first-order valence-electron chi connectivity index (χ1n) is 7.07. The molecule has 0 aliphatic heterocycles. The van der Waals surface area contributed by atoms with E-state index in [4.69, 9.17) is 9.47 Å². The minimum atomic E-state index is -0.999. The van der Waals surface area contributed by atoms with Gasteiger partial charge in [-0.1, -0.05) is 6.92 Å². The number of esters is 1. The molecule has 0 unspecified atom stereocenters. The molecule has 0 aliphatic carbocycles. The number of ether oxygens (including phenoxy) is 2. The molecule has 1 aromatic rings. The standard InChI is InChI=1S/C16H23NO4S/c1-6-16(3,15(19)21-5)17-14(18)11(2)22-13-9-7-12(20-4)8-10-13/h7-11H,6H2,1-5H3,(H,17,18)/t11-,16-/m0/s1. The highest BCUT2D eigenvalue weighted by Crippen LogP contribution is 2.26. The van der Waals surface area contributed by atoms with E-state index in [0.29, 0.717) is 6.42 Å². The Morgan fingerprint density at radius 1 is 1.27 bits per heavy atom. The lowest BCUT2D eigenvalue weighted by Gasteiger charge is -2.27. The lowest BCUT2D eigenvalue weighted by molar-refractivity contribution is -0.150. The monoisotopic (exact) mass is 325 g/mol. The topological polar surface area (TPSA) is 64.6 Å². The Labute approximate surface area is 135 Å². The van der Waals surface area contributed by atoms with Crippen molar-refractivity contribution in [3.8, 4) is 5.75 Å². The van der Waals surface area contributed by atoms with E-state index in [9.17, 15) is 9.59 Å². The molecule has 0 fully saturated rings. The number of rotatable bonds is 7. The second-order valence-corrected chi connectivity index (χ2v) is 6.52. The fourth-order valence-corrected chi connectivity index (χ4v) is 2.66. The van der Waals surface area contributed by atoms with Crippen molar-refractivity contribution in [2.24, 2.45) is 0 Å². The molecule has 122 valence electrons. The number of hydrogen-bond acceptors (Lipinski definition) is 5. The zero-order valence-electron chi connectivity index (χ0n) is 13.6. The summed E-state index contributed by atoms with van der Waals surface area (Å²) in [5.41, 5.74) is -0.999. The van der Waals surface area contributed by atoms with Gasteiger partial charge in [0.2, 0.25) is 5.91 Å². The first-order chi connectivity index (χ1) is 10.4. The lowest BCUT2D eigenvalue weighted by atomic mass is 9.99. The summed E-state index contributed by atoms with van der Waals surface area (Å²) >= 11 is 1.42. The van der Waals surface area contributed by atoms with E-state index < -0.39 is 11.5 Å². The highest BCUT2D eigenvalue weighted by Gasteiger charge is 2.35. The molecule has 22 heavy (non-hydrogen) atoms. The maximum Gasteiger partial charge on any atom is 0.331 e. The number of nitrogens with one attached hydrogen (secondary N) is 1. The predicted octanol–water partition coefficient (Wildman–Crippen LogP) is 2.63. The number of hydrogen-bond donors (Lipinski definition) is 1. The Bertz CT molecular complexity index is 517. The molecule has 2 atom stereocenters. The van der Waals surface area contributed by atoms with Gasteiger partial charge in [0.15, 0.2) is 0 Å². The molecule has 1 N–H and O–H groups in total. The first-order valence-corrected chi connectivity index (χ1v) is 7.95. The second-order valence-electron chi connectivity index (χ2n) is 5.10. The van der Waals surface area contributed by atoms with Crippen LogP contribution in [0.4, 0.5) is 0 Å². The van der Waals surface area contributed by atoms with E-state index in [1.54, 1.807) is 21.0 Å². The van der Waals surface area contributed by atoms with E-state index in [1.807, 2.05) is 31.2 Å². The molecule has 0 aliphatic rings. The Balaban J connectivity index is 2.69. The molecule has 0 aromatic heterocycles. The number of amides is 1. The summed E-state index contributed by atoms with van der Waals surface area (Å²) < 4.78 is 9.86. The third-order valence-corrected chi connectivity index (χ3v) is 4.60. The molecule has 1 aromatic carbocycles. The summed E-state index contributed by atoms with van der Waals surface area (Å²) in [5, 5.41) is 2.45. The molecule has 0 bridgehead atoms. The largest absolute Gasteiger partial charge is 0.497 e. The van der Waals surface area contributed by atoms with Gasteiger partial charge < -0.3 is 14.8 Å². The molecular formula is C16H23NO4S. The average molecular weight is 325 g/mol. The van der Waals surface area contributed by atoms with E-state index in [0.717, 1.165) is 10.6 Å². The molecule has 5 nitrogen and oxygen atoms in total. The molecular weight excluding hydrogens is 302 g/mol. The quantitative estimate of drug-likeness (QED) is 0.617. The van der Waals surface area contributed by atoms with Crippen LogP contribution < -0.4 is 10.1 Å². The number of thioether (sulfide) groups is 1. The van der Waals surface area contributed by atoms with Crippen LogP contribution in [0.25, 0.3) is 0 Å². The maximum atomic E-state index is 12.3. The Kier molecular flexibility index (Phi) is 6.74. The minimum absolute atomic E-state index is 0.199. The van der Waals surface area contributed by atoms with Crippen molar-refractivity contribution in [3.05, 3.63) is 24.3 Å². The van der Waals surface area contributed by atoms with Crippen LogP contribution in [0.1, 0.15) is 27.2 Å². The summed E-state index contributed by atoms with van der Waals surface area (Å²) in [6, 6.07) is 7.48.